The number of pyridine rings is 1. The Balaban J connectivity index is 0.000000366. The van der Waals surface area contributed by atoms with E-state index in [4.69, 9.17) is 25.5 Å². The molecule has 0 saturated carbocycles. The summed E-state index contributed by atoms with van der Waals surface area (Å²) in [7, 11) is 0. The van der Waals surface area contributed by atoms with E-state index in [-0.39, 0.29) is 0 Å². The van der Waals surface area contributed by atoms with Crippen molar-refractivity contribution >= 4 is 28.5 Å². The second-order valence-corrected chi connectivity index (χ2v) is 4.02. The molecule has 0 amide bonds. The summed E-state index contributed by atoms with van der Waals surface area (Å²) in [6.07, 6.45) is -8.45. The van der Waals surface area contributed by atoms with Gasteiger partial charge in [0.05, 0.1) is 5.52 Å². The number of fused-ring (bicyclic) bond motifs is 1. The molecule has 0 atom stereocenters. The third-order valence-electron chi connectivity index (χ3n) is 2.17. The van der Waals surface area contributed by atoms with E-state index >= 15 is 0 Å². The maximum Gasteiger partial charge on any atom is 0.490 e. The van der Waals surface area contributed by atoms with Crippen LogP contribution in [0, 0.1) is 0 Å². The van der Waals surface area contributed by atoms with Crippen molar-refractivity contribution in [3.63, 3.8) is 0 Å². The van der Waals surface area contributed by atoms with Gasteiger partial charge in [0.15, 0.2) is 0 Å². The number of alkyl halides is 6. The molecule has 0 aliphatic rings. The van der Waals surface area contributed by atoms with Crippen LogP contribution in [-0.2, 0) is 9.59 Å². The van der Waals surface area contributed by atoms with Crippen LogP contribution in [0.2, 0.25) is 0 Å². The second-order valence-electron chi connectivity index (χ2n) is 4.02. The number of hydrogen-bond acceptors (Lipinski definition) is 4. The Bertz CT molecular complexity index is 701. The first-order valence-corrected chi connectivity index (χ1v) is 5.96. The molecule has 1 aromatic carbocycles. The van der Waals surface area contributed by atoms with Gasteiger partial charge < -0.3 is 15.9 Å². The normalized spacial score (nSPS) is 10.8. The quantitative estimate of drug-likeness (QED) is 0.613. The number of anilines is 1. The minimum atomic E-state index is -5.08. The smallest absolute Gasteiger partial charge is 0.475 e. The Morgan fingerprint density at radius 1 is 0.880 bits per heavy atom. The summed E-state index contributed by atoms with van der Waals surface area (Å²) < 4.78 is 63.5. The van der Waals surface area contributed by atoms with Crippen molar-refractivity contribution in [2.24, 2.45) is 0 Å². The molecular weight excluding hydrogens is 362 g/mol. The van der Waals surface area contributed by atoms with Crippen LogP contribution in [0.4, 0.5) is 32.0 Å². The fraction of sp³-hybridized carbons (Fsp3) is 0.154. The van der Waals surface area contributed by atoms with Crippen LogP contribution in [0.3, 0.4) is 0 Å². The van der Waals surface area contributed by atoms with E-state index in [1.54, 1.807) is 6.20 Å². The molecule has 1 aromatic heterocycles. The molecule has 0 bridgehead atoms. The minimum absolute atomic E-state index is 0.788. The topological polar surface area (TPSA) is 114 Å². The Morgan fingerprint density at radius 2 is 1.28 bits per heavy atom. The lowest BCUT2D eigenvalue weighted by atomic mass is 10.2. The van der Waals surface area contributed by atoms with Crippen molar-refractivity contribution in [3.8, 4) is 0 Å². The van der Waals surface area contributed by atoms with Crippen molar-refractivity contribution in [2.45, 2.75) is 12.4 Å². The number of halogens is 6. The summed E-state index contributed by atoms with van der Waals surface area (Å²) in [4.78, 5) is 22.0. The van der Waals surface area contributed by atoms with Crippen LogP contribution in [0.25, 0.3) is 10.9 Å². The molecule has 6 nitrogen and oxygen atoms in total. The summed E-state index contributed by atoms with van der Waals surface area (Å²) in [6.45, 7) is 0. The van der Waals surface area contributed by atoms with Crippen molar-refractivity contribution in [1.82, 2.24) is 4.98 Å². The highest BCUT2D eigenvalue weighted by atomic mass is 19.4. The van der Waals surface area contributed by atoms with E-state index in [1.165, 1.54) is 0 Å². The molecule has 0 spiro atoms. The highest BCUT2D eigenvalue weighted by Gasteiger charge is 2.38. The third kappa shape index (κ3) is 8.39. The summed E-state index contributed by atoms with van der Waals surface area (Å²) in [6, 6.07) is 9.64. The molecule has 0 saturated heterocycles. The fourth-order valence-electron chi connectivity index (χ4n) is 1.12. The molecule has 138 valence electrons. The van der Waals surface area contributed by atoms with Crippen molar-refractivity contribution in [2.75, 3.05) is 5.73 Å². The SMILES string of the molecule is Nc1ccnc2ccccc12.O=C(O)C(F)(F)F.O=C(O)C(F)(F)F. The Labute approximate surface area is 135 Å². The first-order valence-electron chi connectivity index (χ1n) is 5.96. The molecule has 2 aromatic rings. The summed E-state index contributed by atoms with van der Waals surface area (Å²) in [5, 5.41) is 15.3. The lowest BCUT2D eigenvalue weighted by Gasteiger charge is -1.97. The summed E-state index contributed by atoms with van der Waals surface area (Å²) in [5.74, 6) is -5.51. The number of aliphatic carboxylic acids is 2. The van der Waals surface area contributed by atoms with Crippen LogP contribution >= 0.6 is 0 Å². The van der Waals surface area contributed by atoms with E-state index in [0.717, 1.165) is 16.6 Å². The maximum atomic E-state index is 10.6. The molecule has 0 unspecified atom stereocenters. The lowest BCUT2D eigenvalue weighted by Crippen LogP contribution is -2.21. The Kier molecular flexibility index (Phi) is 7.64. The van der Waals surface area contributed by atoms with Crippen molar-refractivity contribution < 1.29 is 46.1 Å². The molecular formula is C13H10F6N2O4. The van der Waals surface area contributed by atoms with Gasteiger partial charge in [-0.15, -0.1) is 0 Å². The van der Waals surface area contributed by atoms with Gasteiger partial charge in [-0.2, -0.15) is 26.3 Å². The average Bonchev–Trinajstić information content (AvgIpc) is 2.47. The van der Waals surface area contributed by atoms with Gasteiger partial charge in [0.2, 0.25) is 0 Å². The van der Waals surface area contributed by atoms with Gasteiger partial charge >= 0.3 is 24.3 Å². The average molecular weight is 372 g/mol. The molecule has 4 N–H and O–H groups in total. The van der Waals surface area contributed by atoms with Crippen LogP contribution in [0.1, 0.15) is 0 Å². The van der Waals surface area contributed by atoms with Gasteiger partial charge in [-0.3, -0.25) is 4.98 Å². The van der Waals surface area contributed by atoms with Crippen LogP contribution in [0.5, 0.6) is 0 Å². The molecule has 2 rings (SSSR count). The number of aromatic nitrogens is 1. The molecule has 0 aliphatic heterocycles. The monoisotopic (exact) mass is 372 g/mol. The van der Waals surface area contributed by atoms with Gasteiger partial charge in [-0.05, 0) is 12.1 Å². The second kappa shape index (κ2) is 8.70. The number of benzene rings is 1. The van der Waals surface area contributed by atoms with Crippen molar-refractivity contribution in [3.05, 3.63) is 36.5 Å². The van der Waals surface area contributed by atoms with E-state index in [0.29, 0.717) is 0 Å². The van der Waals surface area contributed by atoms with Gasteiger partial charge in [0.1, 0.15) is 0 Å². The van der Waals surface area contributed by atoms with E-state index in [1.807, 2.05) is 30.3 Å². The third-order valence-corrected chi connectivity index (χ3v) is 2.17. The molecule has 0 aliphatic carbocycles. The van der Waals surface area contributed by atoms with Gasteiger partial charge in [0, 0.05) is 17.3 Å². The Morgan fingerprint density at radius 3 is 1.64 bits per heavy atom. The number of para-hydroxylation sites is 1. The van der Waals surface area contributed by atoms with Crippen LogP contribution in [-0.4, -0.2) is 39.5 Å². The minimum Gasteiger partial charge on any atom is -0.475 e. The number of nitrogen functional groups attached to an aromatic ring is 1. The molecule has 0 radical (unpaired) electrons. The first kappa shape index (κ1) is 21.9. The molecule has 12 heteroatoms. The number of carboxylic acids is 2. The zero-order valence-electron chi connectivity index (χ0n) is 12.0. The zero-order chi connectivity index (χ0) is 19.8. The summed E-state index contributed by atoms with van der Waals surface area (Å²) in [5.41, 5.74) is 7.46. The predicted molar refractivity (Wildman–Crippen MR) is 73.5 cm³/mol. The first-order chi connectivity index (χ1) is 11.3. The largest absolute Gasteiger partial charge is 0.490 e. The molecule has 0 fully saturated rings. The predicted octanol–water partition coefficient (Wildman–Crippen LogP) is 3.08. The number of nitrogens with two attached hydrogens (primary N) is 1. The van der Waals surface area contributed by atoms with Crippen molar-refractivity contribution in [1.29, 1.82) is 0 Å². The van der Waals surface area contributed by atoms with Gasteiger partial charge in [-0.1, -0.05) is 18.2 Å². The number of hydrogen-bond donors (Lipinski definition) is 3. The van der Waals surface area contributed by atoms with Gasteiger partial charge in [-0.25, -0.2) is 9.59 Å². The number of rotatable bonds is 0. The highest BCUT2D eigenvalue weighted by molar-refractivity contribution is 5.89. The number of carbonyl (C=O) groups is 2. The standard InChI is InChI=1S/C9H8N2.2C2HF3O2/c10-8-5-6-11-9-4-2-1-3-7(8)9;2*3-2(4,5)1(6)7/h1-6H,(H2,10,11);2*(H,6,7). The summed E-state index contributed by atoms with van der Waals surface area (Å²) >= 11 is 0. The van der Waals surface area contributed by atoms with Crippen LogP contribution in [0.15, 0.2) is 36.5 Å². The fourth-order valence-corrected chi connectivity index (χ4v) is 1.12. The molecule has 25 heavy (non-hydrogen) atoms. The number of carboxylic acid groups (broad SMARTS) is 2. The van der Waals surface area contributed by atoms with Gasteiger partial charge in [0.25, 0.3) is 0 Å². The van der Waals surface area contributed by atoms with Crippen LogP contribution < -0.4 is 5.73 Å². The zero-order valence-corrected chi connectivity index (χ0v) is 12.0. The Hall–Kier alpha value is -3.05. The number of nitrogens with zero attached hydrogens (tertiary/aromatic N) is 1. The lowest BCUT2D eigenvalue weighted by molar-refractivity contribution is -0.193. The molecule has 1 heterocycles. The highest BCUT2D eigenvalue weighted by Crippen LogP contribution is 2.17. The van der Waals surface area contributed by atoms with E-state index in [2.05, 4.69) is 4.98 Å². The maximum absolute atomic E-state index is 10.6. The van der Waals surface area contributed by atoms with E-state index in [9.17, 15) is 26.3 Å². The van der Waals surface area contributed by atoms with E-state index < -0.39 is 24.3 Å².